The van der Waals surface area contributed by atoms with Crippen molar-refractivity contribution in [2.24, 2.45) is 0 Å². The maximum Gasteiger partial charge on any atom is 0.259 e. The molecule has 1 rings (SSSR count). The Balaban J connectivity index is 2.73. The molecule has 1 heterocycles. The first kappa shape index (κ1) is 14.4. The van der Waals surface area contributed by atoms with Crippen LogP contribution in [-0.2, 0) is 24.3 Å². The molecule has 17 heavy (non-hydrogen) atoms. The molecule has 1 aliphatic rings. The Bertz CT molecular complexity index is 384. The molecule has 0 atom stereocenters. The molecule has 0 aromatic rings. The molecule has 6 nitrogen and oxygen atoms in total. The molecule has 0 aliphatic carbocycles. The van der Waals surface area contributed by atoms with Crippen LogP contribution in [0.15, 0.2) is 0 Å². The molecule has 1 fully saturated rings. The third-order valence-electron chi connectivity index (χ3n) is 2.70. The minimum absolute atomic E-state index is 0.0771. The predicted molar refractivity (Wildman–Crippen MR) is 61.8 cm³/mol. The highest BCUT2D eigenvalue weighted by Crippen LogP contribution is 2.34. The molecular formula is C10H19NO5S. The summed E-state index contributed by atoms with van der Waals surface area (Å²) < 4.78 is 33.6. The summed E-state index contributed by atoms with van der Waals surface area (Å²) in [4.78, 5) is 11.7. The lowest BCUT2D eigenvalue weighted by Crippen LogP contribution is -2.68. The van der Waals surface area contributed by atoms with Crippen LogP contribution in [0.25, 0.3) is 0 Å². The Morgan fingerprint density at radius 3 is 2.06 bits per heavy atom. The van der Waals surface area contributed by atoms with E-state index in [9.17, 15) is 13.2 Å². The van der Waals surface area contributed by atoms with E-state index in [0.29, 0.717) is 13.2 Å². The van der Waals surface area contributed by atoms with Gasteiger partial charge in [0.1, 0.15) is 0 Å². The first-order chi connectivity index (χ1) is 7.79. The second-order valence-corrected chi connectivity index (χ2v) is 6.60. The topological polar surface area (TPSA) is 72.9 Å². The number of hydrogen-bond acceptors (Lipinski definition) is 5. The average Bonchev–Trinajstić information content (AvgIpc) is 2.24. The SMILES string of the molecule is CCOC(CN1C(=O)C(C)(C)S1(=O)=O)OCC. The van der Waals surface area contributed by atoms with E-state index in [1.807, 2.05) is 0 Å². The van der Waals surface area contributed by atoms with E-state index in [1.54, 1.807) is 13.8 Å². The summed E-state index contributed by atoms with van der Waals surface area (Å²) in [6, 6.07) is 0. The Labute approximate surface area is 102 Å². The summed E-state index contributed by atoms with van der Waals surface area (Å²) in [5.41, 5.74) is 0. The molecule has 7 heteroatoms. The van der Waals surface area contributed by atoms with Crippen LogP contribution in [0.5, 0.6) is 0 Å². The molecule has 1 saturated heterocycles. The van der Waals surface area contributed by atoms with E-state index < -0.39 is 27.0 Å². The average molecular weight is 265 g/mol. The molecule has 0 unspecified atom stereocenters. The highest BCUT2D eigenvalue weighted by molar-refractivity contribution is 7.94. The molecule has 0 spiro atoms. The zero-order chi connectivity index (χ0) is 13.3. The monoisotopic (exact) mass is 265 g/mol. The lowest BCUT2D eigenvalue weighted by atomic mass is 10.2. The first-order valence-electron chi connectivity index (χ1n) is 5.59. The van der Waals surface area contributed by atoms with Gasteiger partial charge in [-0.2, -0.15) is 0 Å². The summed E-state index contributed by atoms with van der Waals surface area (Å²) in [6.45, 7) is 7.08. The lowest BCUT2D eigenvalue weighted by Gasteiger charge is -2.43. The number of sulfonamides is 1. The van der Waals surface area contributed by atoms with Crippen LogP contribution in [0.2, 0.25) is 0 Å². The van der Waals surface area contributed by atoms with E-state index in [-0.39, 0.29) is 6.54 Å². The summed E-state index contributed by atoms with van der Waals surface area (Å²) in [5, 5.41) is 0. The molecule has 0 saturated carbocycles. The Morgan fingerprint density at radius 1 is 1.24 bits per heavy atom. The lowest BCUT2D eigenvalue weighted by molar-refractivity contribution is -0.155. The quantitative estimate of drug-likeness (QED) is 0.647. The van der Waals surface area contributed by atoms with Crippen LogP contribution in [0.1, 0.15) is 27.7 Å². The zero-order valence-electron chi connectivity index (χ0n) is 10.6. The summed E-state index contributed by atoms with van der Waals surface area (Å²) in [6.07, 6.45) is -0.695. The van der Waals surface area contributed by atoms with Crippen molar-refractivity contribution in [1.29, 1.82) is 0 Å². The first-order valence-corrected chi connectivity index (χ1v) is 7.03. The van der Waals surface area contributed by atoms with Gasteiger partial charge in [0, 0.05) is 13.2 Å². The fourth-order valence-corrected chi connectivity index (χ4v) is 3.11. The van der Waals surface area contributed by atoms with Gasteiger partial charge in [-0.1, -0.05) is 0 Å². The van der Waals surface area contributed by atoms with Crippen LogP contribution in [0.4, 0.5) is 0 Å². The number of rotatable bonds is 6. The molecule has 100 valence electrons. The fraction of sp³-hybridized carbons (Fsp3) is 0.900. The second kappa shape index (κ2) is 4.91. The number of carbonyl (C=O) groups excluding carboxylic acids is 1. The normalized spacial score (nSPS) is 21.7. The molecule has 1 aliphatic heterocycles. The van der Waals surface area contributed by atoms with Crippen LogP contribution < -0.4 is 0 Å². The van der Waals surface area contributed by atoms with Gasteiger partial charge < -0.3 is 9.47 Å². The molecule has 0 aromatic heterocycles. The van der Waals surface area contributed by atoms with Gasteiger partial charge in [0.15, 0.2) is 11.0 Å². The van der Waals surface area contributed by atoms with Crippen molar-refractivity contribution in [2.75, 3.05) is 19.8 Å². The van der Waals surface area contributed by atoms with Gasteiger partial charge >= 0.3 is 0 Å². The Kier molecular flexibility index (Phi) is 4.16. The molecule has 0 N–H and O–H groups in total. The van der Waals surface area contributed by atoms with Gasteiger partial charge in [-0.15, -0.1) is 0 Å². The third-order valence-corrected chi connectivity index (χ3v) is 5.06. The zero-order valence-corrected chi connectivity index (χ0v) is 11.4. The minimum atomic E-state index is -3.56. The van der Waals surface area contributed by atoms with E-state index in [2.05, 4.69) is 0 Å². The van der Waals surface area contributed by atoms with Gasteiger partial charge in [0.05, 0.1) is 6.54 Å². The second-order valence-electron chi connectivity index (χ2n) is 4.19. The van der Waals surface area contributed by atoms with Gasteiger partial charge in [0.2, 0.25) is 0 Å². The largest absolute Gasteiger partial charge is 0.351 e. The number of hydrogen-bond donors (Lipinski definition) is 0. The molecule has 0 aromatic carbocycles. The molecule has 1 amide bonds. The van der Waals surface area contributed by atoms with Crippen LogP contribution in [-0.4, -0.2) is 49.4 Å². The fourth-order valence-electron chi connectivity index (χ4n) is 1.60. The maximum absolute atomic E-state index is 11.8. The smallest absolute Gasteiger partial charge is 0.259 e. The van der Waals surface area contributed by atoms with Gasteiger partial charge in [0.25, 0.3) is 15.9 Å². The molecule has 0 bridgehead atoms. The third kappa shape index (κ3) is 2.31. The highest BCUT2D eigenvalue weighted by Gasteiger charge is 2.60. The van der Waals surface area contributed by atoms with E-state index in [4.69, 9.17) is 9.47 Å². The molecular weight excluding hydrogens is 246 g/mol. The molecule has 0 radical (unpaired) electrons. The van der Waals surface area contributed by atoms with E-state index in [1.165, 1.54) is 13.8 Å². The van der Waals surface area contributed by atoms with Gasteiger partial charge in [-0.25, -0.2) is 12.7 Å². The van der Waals surface area contributed by atoms with Crippen molar-refractivity contribution < 1.29 is 22.7 Å². The van der Waals surface area contributed by atoms with Gasteiger partial charge in [-0.3, -0.25) is 4.79 Å². The minimum Gasteiger partial charge on any atom is -0.351 e. The van der Waals surface area contributed by atoms with Crippen molar-refractivity contribution in [1.82, 2.24) is 4.31 Å². The summed E-state index contributed by atoms with van der Waals surface area (Å²) in [5.74, 6) is -0.415. The number of ether oxygens (including phenoxy) is 2. The predicted octanol–water partition coefficient (Wildman–Crippen LogP) is 0.336. The number of nitrogens with zero attached hydrogens (tertiary/aromatic N) is 1. The van der Waals surface area contributed by atoms with Crippen LogP contribution >= 0.6 is 0 Å². The summed E-state index contributed by atoms with van der Waals surface area (Å²) >= 11 is 0. The van der Waals surface area contributed by atoms with Crippen molar-refractivity contribution in [3.8, 4) is 0 Å². The van der Waals surface area contributed by atoms with Crippen molar-refractivity contribution >= 4 is 15.9 Å². The standard InChI is InChI=1S/C10H19NO5S/c1-5-15-8(16-6-2)7-11-9(12)10(3,4)17(11,13)14/h8H,5-7H2,1-4H3. The van der Waals surface area contributed by atoms with E-state index in [0.717, 1.165) is 4.31 Å². The van der Waals surface area contributed by atoms with Crippen molar-refractivity contribution in [3.63, 3.8) is 0 Å². The van der Waals surface area contributed by atoms with Crippen molar-refractivity contribution in [3.05, 3.63) is 0 Å². The van der Waals surface area contributed by atoms with Crippen molar-refractivity contribution in [2.45, 2.75) is 38.7 Å². The maximum atomic E-state index is 11.8. The van der Waals surface area contributed by atoms with Gasteiger partial charge in [-0.05, 0) is 27.7 Å². The highest BCUT2D eigenvalue weighted by atomic mass is 32.2. The summed E-state index contributed by atoms with van der Waals surface area (Å²) in [7, 11) is -3.56. The van der Waals surface area contributed by atoms with E-state index >= 15 is 0 Å². The number of amides is 1. The van der Waals surface area contributed by atoms with Crippen LogP contribution in [0.3, 0.4) is 0 Å². The Morgan fingerprint density at radius 2 is 1.71 bits per heavy atom. The number of carbonyl (C=O) groups is 1. The Hall–Kier alpha value is -0.660. The van der Waals surface area contributed by atoms with Crippen LogP contribution in [0, 0.1) is 0 Å².